The summed E-state index contributed by atoms with van der Waals surface area (Å²) in [5.74, 6) is 2.40. The third-order valence-corrected chi connectivity index (χ3v) is 3.65. The molecule has 0 heterocycles. The molecule has 0 saturated heterocycles. The lowest BCUT2D eigenvalue weighted by atomic mass is 9.83. The summed E-state index contributed by atoms with van der Waals surface area (Å²) in [7, 11) is 0. The fourth-order valence-corrected chi connectivity index (χ4v) is 2.33. The van der Waals surface area contributed by atoms with Gasteiger partial charge in [0, 0.05) is 6.04 Å². The van der Waals surface area contributed by atoms with Gasteiger partial charge in [-0.1, -0.05) is 59.5 Å². The lowest BCUT2D eigenvalue weighted by Crippen LogP contribution is -2.24. The van der Waals surface area contributed by atoms with Crippen molar-refractivity contribution in [2.45, 2.75) is 65.8 Å². The highest BCUT2D eigenvalue weighted by Crippen LogP contribution is 2.26. The molecule has 0 aliphatic rings. The van der Waals surface area contributed by atoms with Gasteiger partial charge in [-0.15, -0.1) is 6.58 Å². The maximum Gasteiger partial charge on any atom is 0.0223 e. The molecule has 0 saturated carbocycles. The van der Waals surface area contributed by atoms with E-state index < -0.39 is 0 Å². The fourth-order valence-electron chi connectivity index (χ4n) is 2.33. The standard InChI is InChI=1S/C15H31N/c1-6-14(11-15(16)7-2)13(5)10-8-9-12(3)4/h7,12-15H,2,6,8-11,16H2,1,3-5H3. The van der Waals surface area contributed by atoms with Gasteiger partial charge in [-0.25, -0.2) is 0 Å². The zero-order chi connectivity index (χ0) is 12.6. The maximum absolute atomic E-state index is 5.95. The van der Waals surface area contributed by atoms with E-state index in [0.29, 0.717) is 0 Å². The van der Waals surface area contributed by atoms with Crippen molar-refractivity contribution in [3.8, 4) is 0 Å². The van der Waals surface area contributed by atoms with Crippen LogP contribution in [0.5, 0.6) is 0 Å². The van der Waals surface area contributed by atoms with Gasteiger partial charge in [0.05, 0.1) is 0 Å². The van der Waals surface area contributed by atoms with Crippen molar-refractivity contribution in [2.75, 3.05) is 0 Å². The van der Waals surface area contributed by atoms with Crippen LogP contribution in [-0.4, -0.2) is 6.04 Å². The largest absolute Gasteiger partial charge is 0.324 e. The number of hydrogen-bond donors (Lipinski definition) is 1. The highest BCUT2D eigenvalue weighted by Gasteiger charge is 2.17. The Morgan fingerprint density at radius 2 is 1.81 bits per heavy atom. The van der Waals surface area contributed by atoms with Crippen LogP contribution in [0.25, 0.3) is 0 Å². The summed E-state index contributed by atoms with van der Waals surface area (Å²) in [5, 5.41) is 0. The Balaban J connectivity index is 3.90. The second kappa shape index (κ2) is 8.81. The molecular formula is C15H31N. The summed E-state index contributed by atoms with van der Waals surface area (Å²) in [6.45, 7) is 13.0. The van der Waals surface area contributed by atoms with Crippen LogP contribution in [0, 0.1) is 17.8 Å². The van der Waals surface area contributed by atoms with Gasteiger partial charge >= 0.3 is 0 Å². The van der Waals surface area contributed by atoms with Gasteiger partial charge in [0.25, 0.3) is 0 Å². The van der Waals surface area contributed by atoms with Crippen LogP contribution in [0.3, 0.4) is 0 Å². The molecule has 1 nitrogen and oxygen atoms in total. The number of rotatable bonds is 9. The Bertz CT molecular complexity index is 174. The molecular weight excluding hydrogens is 194 g/mol. The Morgan fingerprint density at radius 3 is 2.25 bits per heavy atom. The summed E-state index contributed by atoms with van der Waals surface area (Å²) in [6, 6.07) is 0.178. The zero-order valence-electron chi connectivity index (χ0n) is 11.7. The van der Waals surface area contributed by atoms with Crippen LogP contribution < -0.4 is 5.73 Å². The Morgan fingerprint density at radius 1 is 1.19 bits per heavy atom. The Labute approximate surface area is 102 Å². The summed E-state index contributed by atoms with van der Waals surface area (Å²) >= 11 is 0. The SMILES string of the molecule is C=CC(N)CC(CC)C(C)CCCC(C)C. The monoisotopic (exact) mass is 225 g/mol. The van der Waals surface area contributed by atoms with E-state index in [4.69, 9.17) is 5.73 Å². The van der Waals surface area contributed by atoms with Crippen molar-refractivity contribution < 1.29 is 0 Å². The van der Waals surface area contributed by atoms with E-state index in [0.717, 1.165) is 24.2 Å². The molecule has 0 aliphatic carbocycles. The summed E-state index contributed by atoms with van der Waals surface area (Å²) in [6.07, 6.45) is 8.28. The van der Waals surface area contributed by atoms with Crippen molar-refractivity contribution >= 4 is 0 Å². The van der Waals surface area contributed by atoms with Gasteiger partial charge < -0.3 is 5.73 Å². The Hall–Kier alpha value is -0.300. The van der Waals surface area contributed by atoms with E-state index in [1.165, 1.54) is 25.7 Å². The van der Waals surface area contributed by atoms with E-state index in [-0.39, 0.29) is 6.04 Å². The van der Waals surface area contributed by atoms with E-state index in [9.17, 15) is 0 Å². The molecule has 0 rings (SSSR count). The molecule has 3 atom stereocenters. The molecule has 1 heteroatoms. The molecule has 0 aliphatic heterocycles. The van der Waals surface area contributed by atoms with Gasteiger partial charge in [-0.2, -0.15) is 0 Å². The minimum absolute atomic E-state index is 0.178. The van der Waals surface area contributed by atoms with E-state index in [1.54, 1.807) is 0 Å². The molecule has 0 amide bonds. The maximum atomic E-state index is 5.95. The average molecular weight is 225 g/mol. The van der Waals surface area contributed by atoms with Crippen LogP contribution >= 0.6 is 0 Å². The van der Waals surface area contributed by atoms with Crippen LogP contribution in [0.2, 0.25) is 0 Å². The minimum atomic E-state index is 0.178. The van der Waals surface area contributed by atoms with Gasteiger partial charge in [0.15, 0.2) is 0 Å². The van der Waals surface area contributed by atoms with E-state index in [1.807, 2.05) is 6.08 Å². The van der Waals surface area contributed by atoms with Crippen molar-refractivity contribution in [3.05, 3.63) is 12.7 Å². The van der Waals surface area contributed by atoms with Crippen molar-refractivity contribution in [3.63, 3.8) is 0 Å². The first-order valence-electron chi connectivity index (χ1n) is 6.89. The van der Waals surface area contributed by atoms with E-state index >= 15 is 0 Å². The molecule has 0 fully saturated rings. The smallest absolute Gasteiger partial charge is 0.0223 e. The molecule has 0 spiro atoms. The normalized spacial score (nSPS) is 17.1. The second-order valence-electron chi connectivity index (χ2n) is 5.61. The Kier molecular flexibility index (Phi) is 8.64. The first-order valence-corrected chi connectivity index (χ1v) is 6.89. The minimum Gasteiger partial charge on any atom is -0.324 e. The third kappa shape index (κ3) is 7.05. The lowest BCUT2D eigenvalue weighted by molar-refractivity contribution is 0.288. The molecule has 0 aromatic heterocycles. The molecule has 16 heavy (non-hydrogen) atoms. The summed E-state index contributed by atoms with van der Waals surface area (Å²) in [4.78, 5) is 0. The topological polar surface area (TPSA) is 26.0 Å². The highest BCUT2D eigenvalue weighted by molar-refractivity contribution is 4.85. The van der Waals surface area contributed by atoms with Crippen molar-refractivity contribution in [1.29, 1.82) is 0 Å². The van der Waals surface area contributed by atoms with Gasteiger partial charge in [0.1, 0.15) is 0 Å². The summed E-state index contributed by atoms with van der Waals surface area (Å²) in [5.41, 5.74) is 5.95. The van der Waals surface area contributed by atoms with Gasteiger partial charge in [0.2, 0.25) is 0 Å². The molecule has 3 unspecified atom stereocenters. The van der Waals surface area contributed by atoms with Gasteiger partial charge in [-0.3, -0.25) is 0 Å². The molecule has 96 valence electrons. The van der Waals surface area contributed by atoms with Crippen LogP contribution in [-0.2, 0) is 0 Å². The first kappa shape index (κ1) is 15.7. The zero-order valence-corrected chi connectivity index (χ0v) is 11.7. The fraction of sp³-hybridized carbons (Fsp3) is 0.867. The number of hydrogen-bond acceptors (Lipinski definition) is 1. The lowest BCUT2D eigenvalue weighted by Gasteiger charge is -2.24. The third-order valence-electron chi connectivity index (χ3n) is 3.65. The number of nitrogens with two attached hydrogens (primary N) is 1. The summed E-state index contributed by atoms with van der Waals surface area (Å²) < 4.78 is 0. The van der Waals surface area contributed by atoms with Crippen molar-refractivity contribution in [2.24, 2.45) is 23.5 Å². The van der Waals surface area contributed by atoms with Crippen LogP contribution in [0.1, 0.15) is 59.8 Å². The van der Waals surface area contributed by atoms with Gasteiger partial charge in [-0.05, 0) is 24.2 Å². The van der Waals surface area contributed by atoms with Crippen molar-refractivity contribution in [1.82, 2.24) is 0 Å². The average Bonchev–Trinajstić information content (AvgIpc) is 2.24. The molecule has 0 bridgehead atoms. The van der Waals surface area contributed by atoms with Crippen LogP contribution in [0.15, 0.2) is 12.7 Å². The predicted octanol–water partition coefficient (Wildman–Crippen LogP) is 4.38. The second-order valence-corrected chi connectivity index (χ2v) is 5.61. The van der Waals surface area contributed by atoms with Crippen LogP contribution in [0.4, 0.5) is 0 Å². The molecule has 0 aromatic rings. The molecule has 0 aromatic carbocycles. The highest BCUT2D eigenvalue weighted by atomic mass is 14.6. The first-order chi connectivity index (χ1) is 7.51. The molecule has 2 N–H and O–H groups in total. The predicted molar refractivity (Wildman–Crippen MR) is 74.4 cm³/mol. The quantitative estimate of drug-likeness (QED) is 0.579. The van der Waals surface area contributed by atoms with E-state index in [2.05, 4.69) is 34.3 Å². The molecule has 0 radical (unpaired) electrons.